The van der Waals surface area contributed by atoms with Crippen molar-refractivity contribution in [2.45, 2.75) is 38.6 Å². The maximum absolute atomic E-state index is 12.2. The first-order chi connectivity index (χ1) is 7.44. The number of nitrogens with zero attached hydrogens (tertiary/aromatic N) is 1. The fourth-order valence-corrected chi connectivity index (χ4v) is 2.27. The molecule has 1 rings (SSSR count). The minimum atomic E-state index is -0.985. The van der Waals surface area contributed by atoms with E-state index >= 15 is 0 Å². The Morgan fingerprint density at radius 3 is 2.31 bits per heavy atom. The second kappa shape index (κ2) is 4.82. The van der Waals surface area contributed by atoms with Gasteiger partial charge in [0.05, 0.1) is 5.41 Å². The molecule has 0 aromatic heterocycles. The van der Waals surface area contributed by atoms with Gasteiger partial charge in [0.25, 0.3) is 0 Å². The van der Waals surface area contributed by atoms with Gasteiger partial charge in [-0.2, -0.15) is 0 Å². The third kappa shape index (κ3) is 2.19. The zero-order valence-corrected chi connectivity index (χ0v) is 9.90. The lowest BCUT2D eigenvalue weighted by Gasteiger charge is -2.33. The van der Waals surface area contributed by atoms with Crippen molar-refractivity contribution in [1.82, 2.24) is 4.90 Å². The summed E-state index contributed by atoms with van der Waals surface area (Å²) in [5.41, 5.74) is 5.17. The van der Waals surface area contributed by atoms with Crippen LogP contribution in [0, 0.1) is 5.41 Å². The number of rotatable bonds is 4. The average Bonchev–Trinajstić information content (AvgIpc) is 2.75. The van der Waals surface area contributed by atoms with Crippen LogP contribution in [0.15, 0.2) is 0 Å². The van der Waals surface area contributed by atoms with E-state index in [1.807, 2.05) is 0 Å². The van der Waals surface area contributed by atoms with Crippen molar-refractivity contribution >= 4 is 11.9 Å². The van der Waals surface area contributed by atoms with E-state index in [4.69, 9.17) is 10.8 Å². The minimum absolute atomic E-state index is 0.123. The Morgan fingerprint density at radius 1 is 1.44 bits per heavy atom. The monoisotopic (exact) mass is 228 g/mol. The number of hydrogen-bond acceptors (Lipinski definition) is 3. The van der Waals surface area contributed by atoms with Gasteiger partial charge in [-0.15, -0.1) is 0 Å². The molecular formula is C11H20N2O3. The third-order valence-corrected chi connectivity index (χ3v) is 3.66. The maximum Gasteiger partial charge on any atom is 0.326 e. The number of nitrogens with two attached hydrogens (primary N) is 1. The van der Waals surface area contributed by atoms with Gasteiger partial charge in [-0.3, -0.25) is 4.79 Å². The summed E-state index contributed by atoms with van der Waals surface area (Å²) >= 11 is 0. The average molecular weight is 228 g/mol. The molecule has 16 heavy (non-hydrogen) atoms. The smallest absolute Gasteiger partial charge is 0.326 e. The van der Waals surface area contributed by atoms with E-state index in [0.717, 1.165) is 25.7 Å². The Labute approximate surface area is 95.6 Å². The number of carboxylic acids is 1. The predicted octanol–water partition coefficient (Wildman–Crippen LogP) is 0.437. The summed E-state index contributed by atoms with van der Waals surface area (Å²) in [6.07, 6.45) is 3.55. The topological polar surface area (TPSA) is 83.6 Å². The minimum Gasteiger partial charge on any atom is -0.480 e. The lowest BCUT2D eigenvalue weighted by atomic mass is 9.84. The number of amides is 1. The van der Waals surface area contributed by atoms with Gasteiger partial charge in [0, 0.05) is 13.6 Å². The summed E-state index contributed by atoms with van der Waals surface area (Å²) in [5.74, 6) is -1.11. The summed E-state index contributed by atoms with van der Waals surface area (Å²) < 4.78 is 0. The number of likely N-dealkylation sites (N-methyl/N-ethyl adjacent to an activating group) is 1. The molecule has 0 aromatic carbocycles. The second-order valence-electron chi connectivity index (χ2n) is 4.62. The third-order valence-electron chi connectivity index (χ3n) is 3.66. The molecule has 1 unspecified atom stereocenters. The summed E-state index contributed by atoms with van der Waals surface area (Å²) in [7, 11) is 1.54. The molecule has 5 nitrogen and oxygen atoms in total. The molecule has 1 saturated carbocycles. The number of carbonyl (C=O) groups is 2. The highest BCUT2D eigenvalue weighted by Crippen LogP contribution is 2.38. The van der Waals surface area contributed by atoms with Crippen LogP contribution in [0.2, 0.25) is 0 Å². The molecule has 5 heteroatoms. The van der Waals surface area contributed by atoms with Crippen LogP contribution in [0.4, 0.5) is 0 Å². The van der Waals surface area contributed by atoms with Gasteiger partial charge >= 0.3 is 5.97 Å². The number of carboxylic acid groups (broad SMARTS) is 1. The van der Waals surface area contributed by atoms with E-state index in [2.05, 4.69) is 0 Å². The van der Waals surface area contributed by atoms with Gasteiger partial charge in [-0.25, -0.2) is 4.79 Å². The number of hydrogen-bond donors (Lipinski definition) is 2. The van der Waals surface area contributed by atoms with Crippen LogP contribution in [0.3, 0.4) is 0 Å². The van der Waals surface area contributed by atoms with Gasteiger partial charge in [-0.1, -0.05) is 12.8 Å². The zero-order chi connectivity index (χ0) is 12.3. The van der Waals surface area contributed by atoms with Crippen LogP contribution in [0.5, 0.6) is 0 Å². The van der Waals surface area contributed by atoms with Crippen molar-refractivity contribution in [1.29, 1.82) is 0 Å². The lowest BCUT2D eigenvalue weighted by molar-refractivity contribution is -0.152. The van der Waals surface area contributed by atoms with E-state index < -0.39 is 17.4 Å². The largest absolute Gasteiger partial charge is 0.480 e. The molecule has 0 bridgehead atoms. The highest BCUT2D eigenvalue weighted by molar-refractivity contribution is 5.87. The summed E-state index contributed by atoms with van der Waals surface area (Å²) in [5, 5.41) is 8.88. The van der Waals surface area contributed by atoms with E-state index in [0.29, 0.717) is 6.54 Å². The van der Waals surface area contributed by atoms with Crippen molar-refractivity contribution in [2.75, 3.05) is 13.6 Å². The van der Waals surface area contributed by atoms with Crippen LogP contribution >= 0.6 is 0 Å². The summed E-state index contributed by atoms with van der Waals surface area (Å²) in [6, 6.07) is -0.795. The molecule has 0 radical (unpaired) electrons. The molecule has 1 amide bonds. The molecule has 92 valence electrons. The molecule has 0 saturated heterocycles. The zero-order valence-electron chi connectivity index (χ0n) is 9.90. The number of aliphatic carboxylic acids is 1. The van der Waals surface area contributed by atoms with Crippen molar-refractivity contribution in [3.05, 3.63) is 0 Å². The highest BCUT2D eigenvalue weighted by Gasteiger charge is 2.43. The lowest BCUT2D eigenvalue weighted by Crippen LogP contribution is -2.50. The van der Waals surface area contributed by atoms with E-state index in [9.17, 15) is 9.59 Å². The molecular weight excluding hydrogens is 208 g/mol. The first-order valence-electron chi connectivity index (χ1n) is 5.65. The normalized spacial score (nSPS) is 20.4. The van der Waals surface area contributed by atoms with Crippen molar-refractivity contribution in [3.8, 4) is 0 Å². The van der Waals surface area contributed by atoms with Crippen LogP contribution in [-0.2, 0) is 9.59 Å². The van der Waals surface area contributed by atoms with Gasteiger partial charge in [0.15, 0.2) is 0 Å². The Bertz CT molecular complexity index is 285. The number of carbonyl (C=O) groups excluding carboxylic acids is 1. The summed E-state index contributed by atoms with van der Waals surface area (Å²) in [4.78, 5) is 24.4. The van der Waals surface area contributed by atoms with E-state index in [-0.39, 0.29) is 5.91 Å². The van der Waals surface area contributed by atoms with Crippen LogP contribution < -0.4 is 5.73 Å². The molecule has 1 aliphatic rings. The molecule has 1 atom stereocenters. The molecule has 0 aromatic rings. The van der Waals surface area contributed by atoms with Gasteiger partial charge in [-0.05, 0) is 19.8 Å². The standard InChI is InChI=1S/C11H20N2O3/c1-8(9(14)15)13(2)10(16)11(7-12)5-3-4-6-11/h8H,3-7,12H2,1-2H3,(H,14,15). The molecule has 1 aliphatic carbocycles. The fourth-order valence-electron chi connectivity index (χ4n) is 2.27. The van der Waals surface area contributed by atoms with Gasteiger partial charge in [0.2, 0.25) is 5.91 Å². The van der Waals surface area contributed by atoms with Crippen LogP contribution in [0.1, 0.15) is 32.6 Å². The Balaban J connectivity index is 2.79. The molecule has 0 aliphatic heterocycles. The predicted molar refractivity (Wildman–Crippen MR) is 59.8 cm³/mol. The Hall–Kier alpha value is -1.10. The first-order valence-corrected chi connectivity index (χ1v) is 5.65. The quantitative estimate of drug-likeness (QED) is 0.731. The molecule has 1 fully saturated rings. The van der Waals surface area contributed by atoms with E-state index in [1.165, 1.54) is 18.9 Å². The summed E-state index contributed by atoms with van der Waals surface area (Å²) in [6.45, 7) is 1.82. The maximum atomic E-state index is 12.2. The van der Waals surface area contributed by atoms with Crippen molar-refractivity contribution < 1.29 is 14.7 Å². The second-order valence-corrected chi connectivity index (χ2v) is 4.62. The van der Waals surface area contributed by atoms with Crippen molar-refractivity contribution in [2.24, 2.45) is 11.1 Å². The van der Waals surface area contributed by atoms with Crippen LogP contribution in [0.25, 0.3) is 0 Å². The SMILES string of the molecule is CC(C(=O)O)N(C)C(=O)C1(CN)CCCC1. The van der Waals surface area contributed by atoms with Crippen molar-refractivity contribution in [3.63, 3.8) is 0 Å². The van der Waals surface area contributed by atoms with Gasteiger partial charge < -0.3 is 15.7 Å². The van der Waals surface area contributed by atoms with Gasteiger partial charge in [0.1, 0.15) is 6.04 Å². The molecule has 3 N–H and O–H groups in total. The fraction of sp³-hybridized carbons (Fsp3) is 0.818. The first kappa shape index (κ1) is 13.0. The molecule has 0 heterocycles. The van der Waals surface area contributed by atoms with Crippen LogP contribution in [-0.4, -0.2) is 41.5 Å². The molecule has 0 spiro atoms. The Kier molecular flexibility index (Phi) is 3.91. The Morgan fingerprint density at radius 2 is 1.94 bits per heavy atom. The van der Waals surface area contributed by atoms with E-state index in [1.54, 1.807) is 0 Å². The highest BCUT2D eigenvalue weighted by atomic mass is 16.4.